The molecule has 0 saturated carbocycles. The van der Waals surface area contributed by atoms with Crippen LogP contribution in [0.3, 0.4) is 0 Å². The number of nitrogens with two attached hydrogens (primary N) is 1. The summed E-state index contributed by atoms with van der Waals surface area (Å²) in [6, 6.07) is 0. The lowest BCUT2D eigenvalue weighted by Gasteiger charge is -2.02. The molecule has 0 unspecified atom stereocenters. The Kier molecular flexibility index (Phi) is 7.59. The molecule has 5 nitrogen and oxygen atoms in total. The monoisotopic (exact) mass is 284 g/mol. The minimum atomic E-state index is 0.0917. The number of amides is 1. The van der Waals surface area contributed by atoms with E-state index in [1.54, 1.807) is 11.3 Å². The number of unbranched alkanes of at least 4 members (excludes halogenated alkanes) is 3. The molecule has 0 aliphatic heterocycles. The van der Waals surface area contributed by atoms with E-state index in [0.717, 1.165) is 42.2 Å². The van der Waals surface area contributed by atoms with Crippen molar-refractivity contribution in [3.8, 4) is 0 Å². The lowest BCUT2D eigenvalue weighted by molar-refractivity contribution is -0.121. The topological polar surface area (TPSA) is 80.9 Å². The normalized spacial score (nSPS) is 10.9. The van der Waals surface area contributed by atoms with Crippen molar-refractivity contribution in [2.45, 2.75) is 58.4 Å². The van der Waals surface area contributed by atoms with Gasteiger partial charge in [0.05, 0.1) is 6.54 Å². The van der Waals surface area contributed by atoms with Crippen LogP contribution in [0.15, 0.2) is 0 Å². The molecule has 19 heavy (non-hydrogen) atoms. The zero-order chi connectivity index (χ0) is 14.1. The number of hydrogen-bond acceptors (Lipinski definition) is 5. The van der Waals surface area contributed by atoms with Crippen LogP contribution in [0.2, 0.25) is 0 Å². The predicted molar refractivity (Wildman–Crippen MR) is 78.0 cm³/mol. The number of aromatic nitrogens is 2. The lowest BCUT2D eigenvalue weighted by Crippen LogP contribution is -2.22. The SMILES string of the molecule is CC(C)c1nnc(CNC(=O)CCCCCCN)s1. The van der Waals surface area contributed by atoms with Crippen LogP contribution < -0.4 is 11.1 Å². The summed E-state index contributed by atoms with van der Waals surface area (Å²) >= 11 is 1.57. The first-order valence-electron chi connectivity index (χ1n) is 6.92. The highest BCUT2D eigenvalue weighted by Crippen LogP contribution is 2.18. The van der Waals surface area contributed by atoms with Gasteiger partial charge in [0.15, 0.2) is 0 Å². The summed E-state index contributed by atoms with van der Waals surface area (Å²) < 4.78 is 0. The first-order valence-corrected chi connectivity index (χ1v) is 7.74. The Labute approximate surface area is 119 Å². The van der Waals surface area contributed by atoms with E-state index in [2.05, 4.69) is 29.4 Å². The van der Waals surface area contributed by atoms with Gasteiger partial charge < -0.3 is 11.1 Å². The number of hydrogen-bond donors (Lipinski definition) is 2. The van der Waals surface area contributed by atoms with Gasteiger partial charge in [-0.25, -0.2) is 0 Å². The molecule has 0 aliphatic carbocycles. The van der Waals surface area contributed by atoms with Crippen LogP contribution in [-0.2, 0) is 11.3 Å². The maximum atomic E-state index is 11.6. The first-order chi connectivity index (χ1) is 9.13. The molecule has 0 atom stereocenters. The van der Waals surface area contributed by atoms with Gasteiger partial charge in [0, 0.05) is 12.3 Å². The van der Waals surface area contributed by atoms with Crippen molar-refractivity contribution in [2.75, 3.05) is 6.54 Å². The van der Waals surface area contributed by atoms with E-state index in [0.29, 0.717) is 18.9 Å². The average molecular weight is 284 g/mol. The van der Waals surface area contributed by atoms with Crippen molar-refractivity contribution in [1.82, 2.24) is 15.5 Å². The van der Waals surface area contributed by atoms with Gasteiger partial charge >= 0.3 is 0 Å². The predicted octanol–water partition coefficient (Wildman–Crippen LogP) is 2.19. The van der Waals surface area contributed by atoms with Crippen molar-refractivity contribution in [3.05, 3.63) is 10.0 Å². The molecule has 1 amide bonds. The number of nitrogens with zero attached hydrogens (tertiary/aromatic N) is 2. The molecule has 0 aliphatic rings. The summed E-state index contributed by atoms with van der Waals surface area (Å²) in [6.07, 6.45) is 4.74. The van der Waals surface area contributed by atoms with Gasteiger partial charge in [-0.3, -0.25) is 4.79 Å². The largest absolute Gasteiger partial charge is 0.350 e. The third kappa shape index (κ3) is 6.63. The molecular weight excluding hydrogens is 260 g/mol. The van der Waals surface area contributed by atoms with E-state index in [9.17, 15) is 4.79 Å². The van der Waals surface area contributed by atoms with Crippen molar-refractivity contribution >= 4 is 17.2 Å². The molecule has 1 rings (SSSR count). The fourth-order valence-electron chi connectivity index (χ4n) is 1.62. The van der Waals surface area contributed by atoms with Gasteiger partial charge in [-0.1, -0.05) is 38.0 Å². The van der Waals surface area contributed by atoms with Crippen molar-refractivity contribution in [2.24, 2.45) is 5.73 Å². The smallest absolute Gasteiger partial charge is 0.220 e. The molecule has 0 bridgehead atoms. The molecule has 3 N–H and O–H groups in total. The maximum absolute atomic E-state index is 11.6. The standard InChI is InChI=1S/C13H24N4OS/c1-10(2)13-17-16-12(19-13)9-15-11(18)7-5-3-4-6-8-14/h10H,3-9,14H2,1-2H3,(H,15,18). The van der Waals surface area contributed by atoms with Gasteiger partial charge in [-0.05, 0) is 19.4 Å². The quantitative estimate of drug-likeness (QED) is 0.681. The van der Waals surface area contributed by atoms with E-state index in [1.165, 1.54) is 0 Å². The zero-order valence-corrected chi connectivity index (χ0v) is 12.6. The Morgan fingerprint density at radius 1 is 1.26 bits per heavy atom. The van der Waals surface area contributed by atoms with Crippen LogP contribution in [0.4, 0.5) is 0 Å². The molecule has 1 aromatic heterocycles. The Bertz CT molecular complexity index is 378. The number of carbonyl (C=O) groups is 1. The van der Waals surface area contributed by atoms with Crippen LogP contribution in [-0.4, -0.2) is 22.6 Å². The van der Waals surface area contributed by atoms with Crippen LogP contribution >= 0.6 is 11.3 Å². The van der Waals surface area contributed by atoms with E-state index in [4.69, 9.17) is 5.73 Å². The van der Waals surface area contributed by atoms with Gasteiger partial charge in [0.2, 0.25) is 5.91 Å². The lowest BCUT2D eigenvalue weighted by atomic mass is 10.1. The molecular formula is C13H24N4OS. The van der Waals surface area contributed by atoms with E-state index in [-0.39, 0.29) is 5.91 Å². The van der Waals surface area contributed by atoms with E-state index in [1.807, 2.05) is 0 Å². The second kappa shape index (κ2) is 8.98. The van der Waals surface area contributed by atoms with Crippen LogP contribution in [0.5, 0.6) is 0 Å². The van der Waals surface area contributed by atoms with Gasteiger partial charge in [0.25, 0.3) is 0 Å². The zero-order valence-electron chi connectivity index (χ0n) is 11.8. The highest BCUT2D eigenvalue weighted by molar-refractivity contribution is 7.11. The first kappa shape index (κ1) is 16.0. The number of nitrogens with one attached hydrogen (secondary N) is 1. The Balaban J connectivity index is 2.15. The Morgan fingerprint density at radius 3 is 2.63 bits per heavy atom. The van der Waals surface area contributed by atoms with Gasteiger partial charge in [-0.2, -0.15) is 0 Å². The third-order valence-electron chi connectivity index (χ3n) is 2.77. The molecule has 6 heteroatoms. The molecule has 108 valence electrons. The highest BCUT2D eigenvalue weighted by Gasteiger charge is 2.08. The fraction of sp³-hybridized carbons (Fsp3) is 0.769. The molecule has 0 aromatic carbocycles. The molecule has 1 aromatic rings. The molecule has 0 spiro atoms. The summed E-state index contributed by atoms with van der Waals surface area (Å²) in [5.41, 5.74) is 5.41. The summed E-state index contributed by atoms with van der Waals surface area (Å²) in [7, 11) is 0. The second-order valence-corrected chi connectivity index (χ2v) is 6.01. The van der Waals surface area contributed by atoms with Crippen LogP contribution in [0.25, 0.3) is 0 Å². The van der Waals surface area contributed by atoms with E-state index >= 15 is 0 Å². The number of rotatable bonds is 9. The minimum Gasteiger partial charge on any atom is -0.350 e. The second-order valence-electron chi connectivity index (χ2n) is 4.92. The molecule has 0 radical (unpaired) electrons. The van der Waals surface area contributed by atoms with Crippen molar-refractivity contribution in [1.29, 1.82) is 0 Å². The van der Waals surface area contributed by atoms with E-state index < -0.39 is 0 Å². The van der Waals surface area contributed by atoms with Gasteiger partial charge in [-0.15, -0.1) is 10.2 Å². The molecule has 1 heterocycles. The summed E-state index contributed by atoms with van der Waals surface area (Å²) in [5, 5.41) is 12.9. The molecule has 0 saturated heterocycles. The van der Waals surface area contributed by atoms with Gasteiger partial charge in [0.1, 0.15) is 10.0 Å². The Hall–Kier alpha value is -1.01. The third-order valence-corrected chi connectivity index (χ3v) is 3.99. The highest BCUT2D eigenvalue weighted by atomic mass is 32.1. The summed E-state index contributed by atoms with van der Waals surface area (Å²) in [6.45, 7) is 5.40. The Morgan fingerprint density at radius 2 is 2.00 bits per heavy atom. The summed E-state index contributed by atoms with van der Waals surface area (Å²) in [5.74, 6) is 0.485. The van der Waals surface area contributed by atoms with Crippen LogP contribution in [0, 0.1) is 0 Å². The van der Waals surface area contributed by atoms with Crippen molar-refractivity contribution in [3.63, 3.8) is 0 Å². The maximum Gasteiger partial charge on any atom is 0.220 e. The minimum absolute atomic E-state index is 0.0917. The number of carbonyl (C=O) groups excluding carboxylic acids is 1. The van der Waals surface area contributed by atoms with Crippen LogP contribution in [0.1, 0.15) is 61.9 Å². The molecule has 0 fully saturated rings. The van der Waals surface area contributed by atoms with Crippen molar-refractivity contribution < 1.29 is 4.79 Å². The summed E-state index contributed by atoms with van der Waals surface area (Å²) in [4.78, 5) is 11.6. The average Bonchev–Trinajstić information content (AvgIpc) is 2.85. The fourth-order valence-corrected chi connectivity index (χ4v) is 2.40.